The van der Waals surface area contributed by atoms with E-state index < -0.39 is 11.2 Å². The summed E-state index contributed by atoms with van der Waals surface area (Å²) in [6.45, 7) is 1.91. The topological polar surface area (TPSA) is 111 Å². The molecule has 0 unspecified atom stereocenters. The number of hydrogen-bond acceptors (Lipinski definition) is 6. The van der Waals surface area contributed by atoms with Crippen molar-refractivity contribution in [3.8, 4) is 0 Å². The van der Waals surface area contributed by atoms with E-state index in [1.54, 1.807) is 6.20 Å². The molecular formula is C23H26Cl2FN7O. The van der Waals surface area contributed by atoms with Gasteiger partial charge in [0.15, 0.2) is 5.65 Å². The van der Waals surface area contributed by atoms with Gasteiger partial charge < -0.3 is 16.4 Å². The molecule has 2 fully saturated rings. The van der Waals surface area contributed by atoms with E-state index in [0.717, 1.165) is 25.7 Å². The SMILES string of the molecule is CC1(C(N)=O)CCC(n2c(Nc3c(Cl)cc(F)cc3Cl)nc3cnc(NC4CCC4)nc32)CC1. The summed E-state index contributed by atoms with van der Waals surface area (Å²) in [5.74, 6) is 0.234. The Balaban J connectivity index is 1.55. The first-order chi connectivity index (χ1) is 16.2. The molecule has 0 saturated heterocycles. The van der Waals surface area contributed by atoms with Gasteiger partial charge in [0.25, 0.3) is 0 Å². The van der Waals surface area contributed by atoms with Crippen LogP contribution < -0.4 is 16.4 Å². The van der Waals surface area contributed by atoms with Gasteiger partial charge in [-0.15, -0.1) is 0 Å². The van der Waals surface area contributed by atoms with Crippen LogP contribution in [0, 0.1) is 11.2 Å². The van der Waals surface area contributed by atoms with Crippen molar-refractivity contribution in [2.45, 2.75) is 64.0 Å². The minimum Gasteiger partial charge on any atom is -0.369 e. The molecule has 4 N–H and O–H groups in total. The summed E-state index contributed by atoms with van der Waals surface area (Å²) in [4.78, 5) is 25.9. The smallest absolute Gasteiger partial charge is 0.224 e. The number of hydrogen-bond donors (Lipinski definition) is 3. The third-order valence-electron chi connectivity index (χ3n) is 7.13. The summed E-state index contributed by atoms with van der Waals surface area (Å²) in [7, 11) is 0. The van der Waals surface area contributed by atoms with Gasteiger partial charge in [0.1, 0.15) is 11.3 Å². The van der Waals surface area contributed by atoms with E-state index in [4.69, 9.17) is 38.9 Å². The number of fused-ring (bicyclic) bond motifs is 1. The summed E-state index contributed by atoms with van der Waals surface area (Å²) in [5, 5.41) is 6.86. The first kappa shape index (κ1) is 23.1. The molecule has 2 aliphatic carbocycles. The van der Waals surface area contributed by atoms with Crippen LogP contribution in [0.5, 0.6) is 0 Å². The highest BCUT2D eigenvalue weighted by Gasteiger charge is 2.37. The second kappa shape index (κ2) is 8.85. The molecule has 1 amide bonds. The normalized spacial score (nSPS) is 23.0. The summed E-state index contributed by atoms with van der Waals surface area (Å²) in [6.07, 6.45) is 7.85. The molecule has 2 heterocycles. The van der Waals surface area contributed by atoms with Gasteiger partial charge in [-0.25, -0.2) is 14.4 Å². The predicted octanol–water partition coefficient (Wildman–Crippen LogP) is 5.59. The van der Waals surface area contributed by atoms with Crippen molar-refractivity contribution < 1.29 is 9.18 Å². The van der Waals surface area contributed by atoms with E-state index in [1.165, 1.54) is 18.6 Å². The van der Waals surface area contributed by atoms with E-state index in [9.17, 15) is 9.18 Å². The van der Waals surface area contributed by atoms with Gasteiger partial charge in [0.2, 0.25) is 17.8 Å². The minimum absolute atomic E-state index is 0.0179. The fraction of sp³-hybridized carbons (Fsp3) is 0.478. The van der Waals surface area contributed by atoms with Gasteiger partial charge in [-0.05, 0) is 57.1 Å². The molecule has 0 radical (unpaired) electrons. The molecule has 11 heteroatoms. The van der Waals surface area contributed by atoms with Crippen LogP contribution in [0.15, 0.2) is 18.3 Å². The molecule has 8 nitrogen and oxygen atoms in total. The second-order valence-corrected chi connectivity index (χ2v) is 10.3. The number of aromatic nitrogens is 4. The van der Waals surface area contributed by atoms with Crippen LogP contribution in [-0.4, -0.2) is 31.5 Å². The predicted molar refractivity (Wildman–Crippen MR) is 131 cm³/mol. The molecule has 34 heavy (non-hydrogen) atoms. The molecule has 2 aliphatic rings. The Hall–Kier alpha value is -2.65. The van der Waals surface area contributed by atoms with Crippen molar-refractivity contribution in [2.24, 2.45) is 11.1 Å². The molecule has 3 aromatic rings. The Morgan fingerprint density at radius 3 is 2.44 bits per heavy atom. The van der Waals surface area contributed by atoms with Crippen LogP contribution in [0.4, 0.5) is 22.0 Å². The highest BCUT2D eigenvalue weighted by Crippen LogP contribution is 2.43. The number of carbonyl (C=O) groups is 1. The Morgan fingerprint density at radius 2 is 1.85 bits per heavy atom. The second-order valence-electron chi connectivity index (χ2n) is 9.51. The number of imidazole rings is 1. The number of nitrogens with zero attached hydrogens (tertiary/aromatic N) is 4. The fourth-order valence-electron chi connectivity index (χ4n) is 4.65. The number of primary amides is 1. The van der Waals surface area contributed by atoms with Crippen LogP contribution in [0.2, 0.25) is 10.0 Å². The number of halogens is 3. The van der Waals surface area contributed by atoms with Crippen molar-refractivity contribution in [2.75, 3.05) is 10.6 Å². The zero-order valence-corrected chi connectivity index (χ0v) is 20.3. The Labute approximate surface area is 206 Å². The molecule has 0 aliphatic heterocycles. The van der Waals surface area contributed by atoms with Gasteiger partial charge in [0, 0.05) is 17.5 Å². The van der Waals surface area contributed by atoms with Gasteiger partial charge in [-0.3, -0.25) is 9.36 Å². The van der Waals surface area contributed by atoms with Crippen LogP contribution in [0.3, 0.4) is 0 Å². The van der Waals surface area contributed by atoms with Crippen molar-refractivity contribution in [1.82, 2.24) is 19.5 Å². The molecule has 0 bridgehead atoms. The lowest BCUT2D eigenvalue weighted by atomic mass is 9.73. The number of rotatable bonds is 6. The highest BCUT2D eigenvalue weighted by molar-refractivity contribution is 6.39. The maximum Gasteiger partial charge on any atom is 0.224 e. The molecule has 180 valence electrons. The van der Waals surface area contributed by atoms with Crippen molar-refractivity contribution >= 4 is 57.9 Å². The third-order valence-corrected chi connectivity index (χ3v) is 7.73. The molecule has 2 aromatic heterocycles. The third kappa shape index (κ3) is 4.27. The molecule has 2 saturated carbocycles. The van der Waals surface area contributed by atoms with Gasteiger partial charge in [0.05, 0.1) is 21.9 Å². The molecule has 5 rings (SSSR count). The summed E-state index contributed by atoms with van der Waals surface area (Å²) in [5.41, 5.74) is 6.77. The lowest BCUT2D eigenvalue weighted by molar-refractivity contribution is -0.128. The lowest BCUT2D eigenvalue weighted by Gasteiger charge is -2.35. The summed E-state index contributed by atoms with van der Waals surface area (Å²) in [6, 6.07) is 2.79. The maximum atomic E-state index is 13.7. The first-order valence-corrected chi connectivity index (χ1v) is 12.2. The van der Waals surface area contributed by atoms with E-state index in [2.05, 4.69) is 15.6 Å². The number of nitrogens with two attached hydrogens (primary N) is 1. The van der Waals surface area contributed by atoms with Gasteiger partial charge >= 0.3 is 0 Å². The summed E-state index contributed by atoms with van der Waals surface area (Å²) >= 11 is 12.6. The Kier molecular flexibility index (Phi) is 6.02. The van der Waals surface area contributed by atoms with E-state index in [-0.39, 0.29) is 22.0 Å². The zero-order chi connectivity index (χ0) is 24.0. The molecule has 0 atom stereocenters. The van der Waals surface area contributed by atoms with Gasteiger partial charge in [-0.1, -0.05) is 30.1 Å². The van der Waals surface area contributed by atoms with E-state index in [0.29, 0.717) is 47.6 Å². The first-order valence-electron chi connectivity index (χ1n) is 11.5. The number of benzene rings is 1. The molecule has 1 aromatic carbocycles. The number of amides is 1. The Bertz CT molecular complexity index is 1230. The zero-order valence-electron chi connectivity index (χ0n) is 18.7. The molecular weight excluding hydrogens is 480 g/mol. The fourth-order valence-corrected chi connectivity index (χ4v) is 5.20. The number of nitrogens with one attached hydrogen (secondary N) is 2. The lowest BCUT2D eigenvalue weighted by Crippen LogP contribution is -2.38. The van der Waals surface area contributed by atoms with Crippen molar-refractivity contribution in [1.29, 1.82) is 0 Å². The average molecular weight is 506 g/mol. The largest absolute Gasteiger partial charge is 0.369 e. The van der Waals surface area contributed by atoms with Crippen LogP contribution >= 0.6 is 23.2 Å². The average Bonchev–Trinajstić information content (AvgIpc) is 3.11. The van der Waals surface area contributed by atoms with E-state index >= 15 is 0 Å². The van der Waals surface area contributed by atoms with Crippen LogP contribution in [0.25, 0.3) is 11.2 Å². The standard InChI is InChI=1S/C23H26Cl2FN7O/c1-23(20(27)34)7-5-14(6-8-23)33-19-17(11-28-21(32-19)29-13-3-2-4-13)30-22(33)31-18-15(24)9-12(26)10-16(18)25/h9-11,13-14H,2-8H2,1H3,(H2,27,34)(H,30,31)(H,28,29,32). The highest BCUT2D eigenvalue weighted by atomic mass is 35.5. The quantitative estimate of drug-likeness (QED) is 0.402. The Morgan fingerprint density at radius 1 is 1.18 bits per heavy atom. The monoisotopic (exact) mass is 505 g/mol. The minimum atomic E-state index is -0.532. The van der Waals surface area contributed by atoms with E-state index in [1.807, 2.05) is 11.5 Å². The maximum absolute atomic E-state index is 13.7. The molecule has 0 spiro atoms. The van der Waals surface area contributed by atoms with Crippen LogP contribution in [0.1, 0.15) is 57.9 Å². The van der Waals surface area contributed by atoms with Crippen LogP contribution in [-0.2, 0) is 4.79 Å². The van der Waals surface area contributed by atoms with Crippen molar-refractivity contribution in [3.05, 3.63) is 34.2 Å². The van der Waals surface area contributed by atoms with Crippen molar-refractivity contribution in [3.63, 3.8) is 0 Å². The van der Waals surface area contributed by atoms with Gasteiger partial charge in [-0.2, -0.15) is 4.98 Å². The number of anilines is 3. The number of carbonyl (C=O) groups excluding carboxylic acids is 1. The summed E-state index contributed by atoms with van der Waals surface area (Å²) < 4.78 is 15.7.